The van der Waals surface area contributed by atoms with Gasteiger partial charge in [0.05, 0.1) is 5.75 Å². The predicted octanol–water partition coefficient (Wildman–Crippen LogP) is 1.62. The lowest BCUT2D eigenvalue weighted by Crippen LogP contribution is -2.36. The van der Waals surface area contributed by atoms with Gasteiger partial charge in [0, 0.05) is 17.1 Å². The van der Waals surface area contributed by atoms with Crippen LogP contribution in [0, 0.1) is 0 Å². The van der Waals surface area contributed by atoms with Gasteiger partial charge in [0.2, 0.25) is 10.0 Å². The smallest absolute Gasteiger partial charge is 0.213 e. The van der Waals surface area contributed by atoms with Gasteiger partial charge < -0.3 is 5.32 Å². The van der Waals surface area contributed by atoms with E-state index in [0.29, 0.717) is 6.54 Å². The zero-order chi connectivity index (χ0) is 13.0. The molecule has 0 saturated carbocycles. The van der Waals surface area contributed by atoms with Gasteiger partial charge in [-0.05, 0) is 31.0 Å². The number of hydrogen-bond acceptors (Lipinski definition) is 3. The van der Waals surface area contributed by atoms with Crippen molar-refractivity contribution in [3.63, 3.8) is 0 Å². The van der Waals surface area contributed by atoms with Crippen LogP contribution >= 0.6 is 15.9 Å². The Morgan fingerprint density at radius 2 is 2.17 bits per heavy atom. The van der Waals surface area contributed by atoms with Crippen LogP contribution in [0.2, 0.25) is 0 Å². The molecule has 1 aromatic carbocycles. The van der Waals surface area contributed by atoms with E-state index in [1.165, 1.54) is 0 Å². The summed E-state index contributed by atoms with van der Waals surface area (Å²) in [6, 6.07) is 7.71. The van der Waals surface area contributed by atoms with Gasteiger partial charge in [-0.2, -0.15) is 0 Å². The van der Waals surface area contributed by atoms with E-state index in [0.717, 1.165) is 29.4 Å². The maximum Gasteiger partial charge on any atom is 0.213 e. The lowest BCUT2D eigenvalue weighted by atomic mass is 10.2. The van der Waals surface area contributed by atoms with E-state index in [4.69, 9.17) is 0 Å². The lowest BCUT2D eigenvalue weighted by molar-refractivity contribution is 0.563. The average Bonchev–Trinajstić information content (AvgIpc) is 2.80. The fourth-order valence-corrected chi connectivity index (χ4v) is 3.78. The van der Waals surface area contributed by atoms with Crippen LogP contribution in [0.3, 0.4) is 0 Å². The second-order valence-corrected chi connectivity index (χ2v) is 7.19. The zero-order valence-corrected chi connectivity index (χ0v) is 12.4. The highest BCUT2D eigenvalue weighted by Gasteiger charge is 2.21. The number of halogens is 1. The van der Waals surface area contributed by atoms with E-state index in [9.17, 15) is 8.42 Å². The first kappa shape index (κ1) is 14.0. The summed E-state index contributed by atoms with van der Waals surface area (Å²) in [5, 5.41) is 3.19. The Balaban J connectivity index is 1.90. The molecule has 0 amide bonds. The van der Waals surface area contributed by atoms with Gasteiger partial charge in [-0.1, -0.05) is 34.1 Å². The summed E-state index contributed by atoms with van der Waals surface area (Å²) in [6.45, 7) is 1.25. The first-order chi connectivity index (χ1) is 8.57. The molecule has 18 heavy (non-hydrogen) atoms. The minimum Gasteiger partial charge on any atom is -0.313 e. The Kier molecular flexibility index (Phi) is 4.77. The Morgan fingerprint density at radius 1 is 1.39 bits per heavy atom. The fourth-order valence-electron chi connectivity index (χ4n) is 2.05. The summed E-state index contributed by atoms with van der Waals surface area (Å²) < 4.78 is 27.4. The SMILES string of the molecule is O=S(=O)(CC1CCCN1)NCc1ccccc1Br. The fraction of sp³-hybridized carbons (Fsp3) is 0.500. The molecule has 6 heteroatoms. The van der Waals surface area contributed by atoms with E-state index in [1.807, 2.05) is 24.3 Å². The van der Waals surface area contributed by atoms with Gasteiger partial charge in [0.15, 0.2) is 0 Å². The summed E-state index contributed by atoms with van der Waals surface area (Å²) in [7, 11) is -3.21. The summed E-state index contributed by atoms with van der Waals surface area (Å²) in [5.41, 5.74) is 0.945. The lowest BCUT2D eigenvalue weighted by Gasteiger charge is -2.12. The van der Waals surface area contributed by atoms with Crippen LogP contribution in [0.4, 0.5) is 0 Å². The molecular weight excluding hydrogens is 316 g/mol. The Bertz CT molecular complexity index is 499. The van der Waals surface area contributed by atoms with Crippen LogP contribution in [-0.4, -0.2) is 26.8 Å². The highest BCUT2D eigenvalue weighted by Crippen LogP contribution is 2.16. The molecule has 4 nitrogen and oxygen atoms in total. The molecule has 1 aliphatic rings. The molecule has 1 unspecified atom stereocenters. The second-order valence-electron chi connectivity index (χ2n) is 4.49. The van der Waals surface area contributed by atoms with Crippen molar-refractivity contribution in [2.24, 2.45) is 0 Å². The van der Waals surface area contributed by atoms with Crippen molar-refractivity contribution in [1.82, 2.24) is 10.0 Å². The van der Waals surface area contributed by atoms with Gasteiger partial charge in [-0.25, -0.2) is 13.1 Å². The summed E-state index contributed by atoms with van der Waals surface area (Å²) in [5.74, 6) is 0.164. The topological polar surface area (TPSA) is 58.2 Å². The molecule has 1 heterocycles. The molecule has 1 aliphatic heterocycles. The zero-order valence-electron chi connectivity index (χ0n) is 10.0. The first-order valence-corrected chi connectivity index (χ1v) is 8.45. The standard InChI is InChI=1S/C12H17BrN2O2S/c13-12-6-2-1-4-10(12)8-15-18(16,17)9-11-5-3-7-14-11/h1-2,4,6,11,14-15H,3,5,7-9H2. The minimum absolute atomic E-state index is 0.0988. The number of rotatable bonds is 5. The van der Waals surface area contributed by atoms with Crippen LogP contribution in [0.5, 0.6) is 0 Å². The monoisotopic (exact) mass is 332 g/mol. The van der Waals surface area contributed by atoms with Crippen molar-refractivity contribution in [1.29, 1.82) is 0 Å². The third kappa shape index (κ3) is 4.05. The molecule has 0 bridgehead atoms. The third-order valence-electron chi connectivity index (χ3n) is 3.02. The molecule has 2 N–H and O–H groups in total. The van der Waals surface area contributed by atoms with E-state index < -0.39 is 10.0 Å². The van der Waals surface area contributed by atoms with Gasteiger partial charge >= 0.3 is 0 Å². The van der Waals surface area contributed by atoms with Gasteiger partial charge in [0.1, 0.15) is 0 Å². The van der Waals surface area contributed by atoms with Gasteiger partial charge in [0.25, 0.3) is 0 Å². The number of hydrogen-bond donors (Lipinski definition) is 2. The number of benzene rings is 1. The molecule has 1 fully saturated rings. The van der Waals surface area contributed by atoms with Crippen LogP contribution in [0.25, 0.3) is 0 Å². The van der Waals surface area contributed by atoms with E-state index in [1.54, 1.807) is 0 Å². The molecule has 0 aromatic heterocycles. The molecular formula is C12H17BrN2O2S. The largest absolute Gasteiger partial charge is 0.313 e. The van der Waals surface area contributed by atoms with E-state index >= 15 is 0 Å². The molecule has 2 rings (SSSR count). The predicted molar refractivity (Wildman–Crippen MR) is 75.8 cm³/mol. The van der Waals surface area contributed by atoms with Gasteiger partial charge in [-0.3, -0.25) is 0 Å². The Labute approximate surface area is 116 Å². The molecule has 1 saturated heterocycles. The Morgan fingerprint density at radius 3 is 2.83 bits per heavy atom. The van der Waals surface area contributed by atoms with Gasteiger partial charge in [-0.15, -0.1) is 0 Å². The normalized spacial score (nSPS) is 20.2. The van der Waals surface area contributed by atoms with Crippen LogP contribution in [0.1, 0.15) is 18.4 Å². The van der Waals surface area contributed by atoms with E-state index in [2.05, 4.69) is 26.0 Å². The van der Waals surface area contributed by atoms with Crippen LogP contribution < -0.4 is 10.0 Å². The van der Waals surface area contributed by atoms with Crippen LogP contribution in [-0.2, 0) is 16.6 Å². The minimum atomic E-state index is -3.21. The maximum atomic E-state index is 11.9. The van der Waals surface area contributed by atoms with Crippen molar-refractivity contribution in [3.05, 3.63) is 34.3 Å². The summed E-state index contributed by atoms with van der Waals surface area (Å²) in [4.78, 5) is 0. The molecule has 1 atom stereocenters. The van der Waals surface area contributed by atoms with Crippen molar-refractivity contribution < 1.29 is 8.42 Å². The van der Waals surface area contributed by atoms with Crippen molar-refractivity contribution in [3.8, 4) is 0 Å². The molecule has 0 radical (unpaired) electrons. The summed E-state index contributed by atoms with van der Waals surface area (Å²) in [6.07, 6.45) is 2.00. The second kappa shape index (κ2) is 6.14. The highest BCUT2D eigenvalue weighted by atomic mass is 79.9. The van der Waals surface area contributed by atoms with Crippen LogP contribution in [0.15, 0.2) is 28.7 Å². The molecule has 1 aromatic rings. The van der Waals surface area contributed by atoms with Crippen molar-refractivity contribution in [2.75, 3.05) is 12.3 Å². The molecule has 0 aliphatic carbocycles. The molecule has 100 valence electrons. The van der Waals surface area contributed by atoms with E-state index in [-0.39, 0.29) is 11.8 Å². The average molecular weight is 333 g/mol. The number of sulfonamides is 1. The highest BCUT2D eigenvalue weighted by molar-refractivity contribution is 9.10. The first-order valence-electron chi connectivity index (χ1n) is 6.01. The number of nitrogens with one attached hydrogen (secondary N) is 2. The quantitative estimate of drug-likeness (QED) is 0.861. The molecule has 0 spiro atoms. The third-order valence-corrected chi connectivity index (χ3v) is 5.22. The Hall–Kier alpha value is -0.430. The summed E-state index contributed by atoms with van der Waals surface area (Å²) >= 11 is 3.41. The van der Waals surface area contributed by atoms with Crippen molar-refractivity contribution in [2.45, 2.75) is 25.4 Å². The van der Waals surface area contributed by atoms with Crippen molar-refractivity contribution >= 4 is 26.0 Å². The maximum absolute atomic E-state index is 11.9.